The predicted octanol–water partition coefficient (Wildman–Crippen LogP) is 1.20. The number of carbonyl (C=O) groups excluding carboxylic acids is 1. The van der Waals surface area contributed by atoms with Gasteiger partial charge in [-0.3, -0.25) is 4.79 Å². The highest BCUT2D eigenvalue weighted by Gasteiger charge is 2.19. The summed E-state index contributed by atoms with van der Waals surface area (Å²) >= 11 is 0. The molecule has 0 bridgehead atoms. The Morgan fingerprint density at radius 3 is 2.52 bits per heavy atom. The van der Waals surface area contributed by atoms with Crippen LogP contribution >= 0.6 is 0 Å². The van der Waals surface area contributed by atoms with Crippen molar-refractivity contribution in [2.75, 3.05) is 20.3 Å². The van der Waals surface area contributed by atoms with Gasteiger partial charge in [0.25, 0.3) is 0 Å². The summed E-state index contributed by atoms with van der Waals surface area (Å²) in [5, 5.41) is 11.3. The molecule has 6 nitrogen and oxygen atoms in total. The molecule has 0 fully saturated rings. The number of nitrogens with one attached hydrogen (secondary N) is 1. The fourth-order valence-electron chi connectivity index (χ4n) is 1.55. The van der Waals surface area contributed by atoms with Crippen LogP contribution in [0.5, 0.6) is 5.75 Å². The van der Waals surface area contributed by atoms with Crippen molar-refractivity contribution in [1.29, 1.82) is 0 Å². The summed E-state index contributed by atoms with van der Waals surface area (Å²) in [4.78, 5) is 22.5. The number of aliphatic carboxylic acids is 1. The van der Waals surface area contributed by atoms with Crippen LogP contribution in [-0.2, 0) is 14.3 Å². The summed E-state index contributed by atoms with van der Waals surface area (Å²) in [5.41, 5.74) is 0. The number of carboxylic acid groups (broad SMARTS) is 1. The first-order chi connectivity index (χ1) is 10.0. The van der Waals surface area contributed by atoms with E-state index in [1.807, 2.05) is 0 Å². The molecule has 1 rings (SSSR count). The minimum atomic E-state index is -1.11. The standard InChI is InChI=1S/C14H18FNO5/c1-20-8-6-12(14(18)19)16-13(17)7-9-21-11-4-2-10(15)3-5-11/h2-5,12H,6-9H2,1H3,(H,16,17)(H,18,19). The molecule has 1 atom stereocenters. The van der Waals surface area contributed by atoms with E-state index in [1.54, 1.807) is 0 Å². The largest absolute Gasteiger partial charge is 0.493 e. The molecule has 0 heterocycles. The van der Waals surface area contributed by atoms with Crippen molar-refractivity contribution in [3.63, 3.8) is 0 Å². The van der Waals surface area contributed by atoms with Crippen molar-refractivity contribution in [2.45, 2.75) is 18.9 Å². The van der Waals surface area contributed by atoms with E-state index >= 15 is 0 Å². The van der Waals surface area contributed by atoms with Crippen LogP contribution in [-0.4, -0.2) is 43.3 Å². The van der Waals surface area contributed by atoms with E-state index < -0.39 is 17.9 Å². The number of carbonyl (C=O) groups is 2. The van der Waals surface area contributed by atoms with Crippen LogP contribution in [0.3, 0.4) is 0 Å². The van der Waals surface area contributed by atoms with Crippen molar-refractivity contribution in [3.05, 3.63) is 30.1 Å². The molecule has 0 aliphatic heterocycles. The predicted molar refractivity (Wildman–Crippen MR) is 72.6 cm³/mol. The van der Waals surface area contributed by atoms with Crippen LogP contribution in [0, 0.1) is 5.82 Å². The van der Waals surface area contributed by atoms with Crippen LogP contribution in [0.2, 0.25) is 0 Å². The molecule has 1 amide bonds. The zero-order valence-corrected chi connectivity index (χ0v) is 11.7. The fourth-order valence-corrected chi connectivity index (χ4v) is 1.55. The van der Waals surface area contributed by atoms with Gasteiger partial charge < -0.3 is 19.9 Å². The van der Waals surface area contributed by atoms with Gasteiger partial charge in [-0.05, 0) is 24.3 Å². The molecule has 2 N–H and O–H groups in total. The van der Waals surface area contributed by atoms with Gasteiger partial charge in [-0.15, -0.1) is 0 Å². The molecule has 0 saturated carbocycles. The van der Waals surface area contributed by atoms with E-state index in [1.165, 1.54) is 31.4 Å². The van der Waals surface area contributed by atoms with Crippen LogP contribution in [0.15, 0.2) is 24.3 Å². The Morgan fingerprint density at radius 1 is 1.29 bits per heavy atom. The van der Waals surface area contributed by atoms with E-state index in [2.05, 4.69) is 5.32 Å². The monoisotopic (exact) mass is 299 g/mol. The van der Waals surface area contributed by atoms with Gasteiger partial charge in [-0.2, -0.15) is 0 Å². The number of methoxy groups -OCH3 is 1. The molecule has 0 aliphatic carbocycles. The van der Waals surface area contributed by atoms with Crippen LogP contribution in [0.4, 0.5) is 4.39 Å². The molecule has 1 aromatic rings. The van der Waals surface area contributed by atoms with E-state index in [0.29, 0.717) is 5.75 Å². The first kappa shape index (κ1) is 16.9. The number of carboxylic acids is 1. The van der Waals surface area contributed by atoms with Crippen molar-refractivity contribution in [3.8, 4) is 5.75 Å². The molecule has 0 radical (unpaired) electrons. The number of hydrogen-bond acceptors (Lipinski definition) is 4. The lowest BCUT2D eigenvalue weighted by atomic mass is 10.2. The van der Waals surface area contributed by atoms with E-state index in [0.717, 1.165) is 0 Å². The summed E-state index contributed by atoms with van der Waals surface area (Å²) in [5.74, 6) is -1.47. The molecule has 1 unspecified atom stereocenters. The van der Waals surface area contributed by atoms with Gasteiger partial charge in [-0.25, -0.2) is 9.18 Å². The van der Waals surface area contributed by atoms with E-state index in [9.17, 15) is 14.0 Å². The van der Waals surface area contributed by atoms with Crippen molar-refractivity contribution < 1.29 is 28.6 Å². The topological polar surface area (TPSA) is 84.9 Å². The second-order valence-corrected chi connectivity index (χ2v) is 4.29. The molecule has 116 valence electrons. The number of rotatable bonds is 9. The number of hydrogen-bond donors (Lipinski definition) is 2. The zero-order chi connectivity index (χ0) is 15.7. The van der Waals surface area contributed by atoms with Gasteiger partial charge in [0, 0.05) is 20.1 Å². The Bertz CT molecular complexity index is 463. The van der Waals surface area contributed by atoms with Crippen LogP contribution < -0.4 is 10.1 Å². The van der Waals surface area contributed by atoms with Crippen LogP contribution in [0.1, 0.15) is 12.8 Å². The zero-order valence-electron chi connectivity index (χ0n) is 11.7. The number of amides is 1. The Kier molecular flexibility index (Phi) is 7.17. The van der Waals surface area contributed by atoms with Gasteiger partial charge in [0.15, 0.2) is 0 Å². The molecular weight excluding hydrogens is 281 g/mol. The molecule has 21 heavy (non-hydrogen) atoms. The van der Waals surface area contributed by atoms with Gasteiger partial charge >= 0.3 is 5.97 Å². The van der Waals surface area contributed by atoms with Crippen molar-refractivity contribution in [1.82, 2.24) is 5.32 Å². The molecular formula is C14H18FNO5. The minimum Gasteiger partial charge on any atom is -0.493 e. The highest BCUT2D eigenvalue weighted by Crippen LogP contribution is 2.11. The quantitative estimate of drug-likeness (QED) is 0.715. The Morgan fingerprint density at radius 2 is 1.95 bits per heavy atom. The molecule has 0 spiro atoms. The lowest BCUT2D eigenvalue weighted by molar-refractivity contribution is -0.142. The smallest absolute Gasteiger partial charge is 0.326 e. The van der Waals surface area contributed by atoms with E-state index in [-0.39, 0.29) is 31.9 Å². The Hall–Kier alpha value is -2.15. The molecule has 0 saturated heterocycles. The molecule has 0 aromatic heterocycles. The summed E-state index contributed by atoms with van der Waals surface area (Å²) in [7, 11) is 1.46. The molecule has 7 heteroatoms. The minimum absolute atomic E-state index is 0.00807. The average Bonchev–Trinajstić information content (AvgIpc) is 2.45. The Labute approximate surface area is 121 Å². The van der Waals surface area contributed by atoms with Gasteiger partial charge in [-0.1, -0.05) is 0 Å². The first-order valence-corrected chi connectivity index (χ1v) is 6.42. The summed E-state index contributed by atoms with van der Waals surface area (Å²) < 4.78 is 22.7. The number of halogens is 1. The number of benzene rings is 1. The lowest BCUT2D eigenvalue weighted by Gasteiger charge is -2.14. The van der Waals surface area contributed by atoms with Crippen LogP contribution in [0.25, 0.3) is 0 Å². The lowest BCUT2D eigenvalue weighted by Crippen LogP contribution is -2.41. The Balaban J connectivity index is 2.32. The third kappa shape index (κ3) is 6.71. The second-order valence-electron chi connectivity index (χ2n) is 4.29. The summed E-state index contributed by atoms with van der Waals surface area (Å²) in [6, 6.07) is 4.42. The van der Waals surface area contributed by atoms with E-state index in [4.69, 9.17) is 14.6 Å². The molecule has 1 aromatic carbocycles. The van der Waals surface area contributed by atoms with Gasteiger partial charge in [0.2, 0.25) is 5.91 Å². The third-order valence-electron chi connectivity index (χ3n) is 2.66. The maximum Gasteiger partial charge on any atom is 0.326 e. The summed E-state index contributed by atoms with van der Waals surface area (Å²) in [6.45, 7) is 0.317. The maximum atomic E-state index is 12.7. The summed E-state index contributed by atoms with van der Waals surface area (Å²) in [6.07, 6.45) is 0.199. The SMILES string of the molecule is COCCC(NC(=O)CCOc1ccc(F)cc1)C(=O)O. The highest BCUT2D eigenvalue weighted by atomic mass is 19.1. The van der Waals surface area contributed by atoms with Crippen molar-refractivity contribution in [2.24, 2.45) is 0 Å². The van der Waals surface area contributed by atoms with Crippen molar-refractivity contribution >= 4 is 11.9 Å². The highest BCUT2D eigenvalue weighted by molar-refractivity contribution is 5.83. The maximum absolute atomic E-state index is 12.7. The normalized spacial score (nSPS) is 11.7. The second kappa shape index (κ2) is 8.91. The average molecular weight is 299 g/mol. The molecule has 0 aliphatic rings. The van der Waals surface area contributed by atoms with Gasteiger partial charge in [0.05, 0.1) is 13.0 Å². The van der Waals surface area contributed by atoms with Gasteiger partial charge in [0.1, 0.15) is 17.6 Å². The first-order valence-electron chi connectivity index (χ1n) is 6.42. The number of ether oxygens (including phenoxy) is 2. The fraction of sp³-hybridized carbons (Fsp3) is 0.429. The third-order valence-corrected chi connectivity index (χ3v) is 2.66.